The first-order chi connectivity index (χ1) is 20.7. The second-order valence-electron chi connectivity index (χ2n) is 9.20. The molecule has 0 aliphatic heterocycles. The molecule has 5 N–H and O–H groups in total. The van der Waals surface area contributed by atoms with Gasteiger partial charge in [-0.05, 0) is 54.1 Å². The highest BCUT2D eigenvalue weighted by molar-refractivity contribution is 6.31. The number of amides is 3. The van der Waals surface area contributed by atoms with Gasteiger partial charge in [0.1, 0.15) is 24.1 Å². The molecule has 2 aromatic carbocycles. The number of nitriles is 1. The monoisotopic (exact) mass is 616 g/mol. The van der Waals surface area contributed by atoms with Gasteiger partial charge in [-0.2, -0.15) is 5.26 Å². The van der Waals surface area contributed by atoms with Gasteiger partial charge in [-0.15, -0.1) is 4.99 Å². The number of carbonyl (C=O) groups is 2. The van der Waals surface area contributed by atoms with Crippen LogP contribution in [-0.2, 0) is 11.3 Å². The van der Waals surface area contributed by atoms with E-state index in [1.807, 2.05) is 0 Å². The van der Waals surface area contributed by atoms with E-state index in [0.717, 1.165) is 0 Å². The molecule has 0 bridgehead atoms. The lowest BCUT2D eigenvalue weighted by atomic mass is 10.1. The largest absolute Gasteiger partial charge is 0.447 e. The van der Waals surface area contributed by atoms with E-state index in [2.05, 4.69) is 31.2 Å². The normalized spacial score (nSPS) is 11.8. The average molecular weight is 617 g/mol. The van der Waals surface area contributed by atoms with E-state index in [1.54, 1.807) is 18.3 Å². The number of halogens is 3. The number of aliphatic imine (C=N–C) groups is 1. The molecule has 1 atom stereocenters. The molecule has 3 rings (SSSR count). The van der Waals surface area contributed by atoms with Crippen LogP contribution in [0.3, 0.4) is 0 Å². The molecule has 0 saturated carbocycles. The maximum atomic E-state index is 13.8. The number of aliphatic hydroxyl groups excluding tert-OH is 1. The molecule has 0 aliphatic rings. The highest BCUT2D eigenvalue weighted by Crippen LogP contribution is 2.20. The number of benzene rings is 2. The van der Waals surface area contributed by atoms with Crippen LogP contribution >= 0.6 is 11.6 Å². The smallest absolute Gasteiger partial charge is 0.412 e. The van der Waals surface area contributed by atoms with E-state index >= 15 is 0 Å². The summed E-state index contributed by atoms with van der Waals surface area (Å²) in [5.41, 5.74) is 0.391. The summed E-state index contributed by atoms with van der Waals surface area (Å²) in [6, 6.07) is 8.86. The zero-order valence-electron chi connectivity index (χ0n) is 23.2. The minimum absolute atomic E-state index is 0.0336. The van der Waals surface area contributed by atoms with Gasteiger partial charge in [-0.1, -0.05) is 23.7 Å². The fraction of sp³-hybridized carbons (Fsp3) is 0.321. The summed E-state index contributed by atoms with van der Waals surface area (Å²) in [7, 11) is 1.52. The van der Waals surface area contributed by atoms with Crippen molar-refractivity contribution >= 4 is 46.3 Å². The molecule has 15 heteroatoms. The van der Waals surface area contributed by atoms with Gasteiger partial charge < -0.3 is 30.7 Å². The molecule has 43 heavy (non-hydrogen) atoms. The number of pyridine rings is 1. The molecule has 3 aromatic rings. The Hall–Kier alpha value is -4.74. The van der Waals surface area contributed by atoms with Crippen LogP contribution in [0.4, 0.5) is 24.2 Å². The second kappa shape index (κ2) is 16.6. The molecule has 0 fully saturated rings. The third kappa shape index (κ3) is 10.2. The Morgan fingerprint density at radius 2 is 1.95 bits per heavy atom. The van der Waals surface area contributed by atoms with Crippen LogP contribution in [0.2, 0.25) is 5.02 Å². The summed E-state index contributed by atoms with van der Waals surface area (Å²) in [6.45, 7) is 0.153. The van der Waals surface area contributed by atoms with E-state index in [9.17, 15) is 18.4 Å². The van der Waals surface area contributed by atoms with Gasteiger partial charge in [0.15, 0.2) is 0 Å². The highest BCUT2D eigenvalue weighted by atomic mass is 35.5. The summed E-state index contributed by atoms with van der Waals surface area (Å²) >= 11 is 5.99. The van der Waals surface area contributed by atoms with Crippen molar-refractivity contribution in [3.8, 4) is 6.19 Å². The summed E-state index contributed by atoms with van der Waals surface area (Å²) < 4.78 is 32.8. The lowest BCUT2D eigenvalue weighted by Gasteiger charge is -2.28. The second-order valence-corrected chi connectivity index (χ2v) is 9.58. The quantitative estimate of drug-likeness (QED) is 0.0889. The van der Waals surface area contributed by atoms with E-state index < -0.39 is 29.8 Å². The van der Waals surface area contributed by atoms with Crippen LogP contribution in [0, 0.1) is 23.1 Å². The van der Waals surface area contributed by atoms with Crippen molar-refractivity contribution in [2.75, 3.05) is 38.7 Å². The van der Waals surface area contributed by atoms with Gasteiger partial charge in [0.05, 0.1) is 17.7 Å². The number of hydrogen-bond acceptors (Lipinski definition) is 7. The van der Waals surface area contributed by atoms with Gasteiger partial charge in [0, 0.05) is 38.3 Å². The van der Waals surface area contributed by atoms with Crippen molar-refractivity contribution in [2.45, 2.75) is 25.4 Å². The minimum atomic E-state index is -0.830. The molecule has 0 unspecified atom stereocenters. The number of aromatic nitrogens is 1. The van der Waals surface area contributed by atoms with E-state index in [-0.39, 0.29) is 43.1 Å². The van der Waals surface area contributed by atoms with Gasteiger partial charge in [0.25, 0.3) is 0 Å². The molecule has 0 spiro atoms. The van der Waals surface area contributed by atoms with Crippen LogP contribution in [0.1, 0.15) is 18.4 Å². The summed E-state index contributed by atoms with van der Waals surface area (Å²) in [5.74, 6) is -0.697. The first kappa shape index (κ1) is 32.8. The Morgan fingerprint density at radius 1 is 1.16 bits per heavy atom. The molecule has 3 amide bonds. The van der Waals surface area contributed by atoms with Crippen molar-refractivity contribution in [1.29, 1.82) is 5.26 Å². The number of rotatable bonds is 12. The number of fused-ring (bicyclic) bond motifs is 1. The first-order valence-corrected chi connectivity index (χ1v) is 13.6. The zero-order chi connectivity index (χ0) is 31.2. The SMILES string of the molecule is CN(C(=O)NCc1cccc(F)c1Cl)[C@@H](CCCN/C(=N\C#N)NCCO)COC(=O)Nc1cc2cc(F)ccc2cn1. The molecule has 228 valence electrons. The number of carbonyl (C=O) groups excluding carboxylic acids is 2. The number of ether oxygens (including phenoxy) is 1. The molecule has 1 aromatic heterocycles. The Bertz CT molecular complexity index is 1490. The number of likely N-dealkylation sites (N-methyl/N-ethyl adjacent to an activating group) is 1. The third-order valence-electron chi connectivity index (χ3n) is 6.22. The third-order valence-corrected chi connectivity index (χ3v) is 6.65. The van der Waals surface area contributed by atoms with Crippen molar-refractivity contribution in [3.63, 3.8) is 0 Å². The molecule has 12 nitrogen and oxygen atoms in total. The number of hydrogen-bond donors (Lipinski definition) is 5. The number of anilines is 1. The maximum Gasteiger partial charge on any atom is 0.412 e. The number of aliphatic hydroxyl groups is 1. The molecule has 0 aliphatic carbocycles. The van der Waals surface area contributed by atoms with Gasteiger partial charge >= 0.3 is 12.1 Å². The highest BCUT2D eigenvalue weighted by Gasteiger charge is 2.22. The fourth-order valence-corrected chi connectivity index (χ4v) is 4.13. The van der Waals surface area contributed by atoms with Crippen LogP contribution in [0.25, 0.3) is 10.8 Å². The van der Waals surface area contributed by atoms with Crippen LogP contribution in [0.5, 0.6) is 0 Å². The van der Waals surface area contributed by atoms with Crippen molar-refractivity contribution < 1.29 is 28.2 Å². The maximum absolute atomic E-state index is 13.8. The van der Waals surface area contributed by atoms with E-state index in [0.29, 0.717) is 35.7 Å². The number of nitrogens with zero attached hydrogens (tertiary/aromatic N) is 4. The Balaban J connectivity index is 1.62. The van der Waals surface area contributed by atoms with Crippen molar-refractivity contribution in [2.24, 2.45) is 4.99 Å². The molecule has 0 radical (unpaired) electrons. The molecular formula is C28H31ClF2N8O4. The van der Waals surface area contributed by atoms with Gasteiger partial charge in [-0.25, -0.2) is 23.4 Å². The van der Waals surface area contributed by atoms with Crippen LogP contribution in [0.15, 0.2) is 53.7 Å². The predicted octanol–water partition coefficient (Wildman–Crippen LogP) is 3.71. The molecule has 0 saturated heterocycles. The topological polar surface area (TPSA) is 164 Å². The zero-order valence-corrected chi connectivity index (χ0v) is 24.0. The number of nitrogens with one attached hydrogen (secondary N) is 4. The number of guanidine groups is 1. The molecule has 1 heterocycles. The average Bonchev–Trinajstić information content (AvgIpc) is 2.99. The van der Waals surface area contributed by atoms with Crippen LogP contribution < -0.4 is 21.3 Å². The minimum Gasteiger partial charge on any atom is -0.447 e. The lowest BCUT2D eigenvalue weighted by Crippen LogP contribution is -2.46. The summed E-state index contributed by atoms with van der Waals surface area (Å²) in [5, 5.41) is 29.8. The Labute approximate surface area is 251 Å². The lowest BCUT2D eigenvalue weighted by molar-refractivity contribution is 0.113. The van der Waals surface area contributed by atoms with E-state index in [1.165, 1.54) is 48.5 Å². The summed E-state index contributed by atoms with van der Waals surface area (Å²) in [6.07, 6.45) is 3.14. The fourth-order valence-electron chi connectivity index (χ4n) is 3.94. The Morgan fingerprint density at radius 3 is 2.72 bits per heavy atom. The van der Waals surface area contributed by atoms with Gasteiger partial charge in [0.2, 0.25) is 12.2 Å². The van der Waals surface area contributed by atoms with Crippen molar-refractivity contribution in [1.82, 2.24) is 25.8 Å². The van der Waals surface area contributed by atoms with Crippen LogP contribution in [-0.4, -0.2) is 72.5 Å². The standard InChI is InChI=1S/C28H31ClF2N8O4/c1-39(27(41)36-15-19-4-2-6-23(31)25(19)29)22(5-3-9-33-26(37-17-32)34-10-11-40)16-43-28(42)38-24-13-20-12-21(30)8-7-18(20)14-35-24/h2,4,6-8,12-14,22,40H,3,5,9-11,15-16H2,1H3,(H,36,41)(H2,33,34,37)(H,35,38,42)/t22-/m0/s1. The predicted molar refractivity (Wildman–Crippen MR) is 157 cm³/mol. The van der Waals surface area contributed by atoms with E-state index in [4.69, 9.17) is 26.7 Å². The number of urea groups is 1. The van der Waals surface area contributed by atoms with Gasteiger partial charge in [-0.3, -0.25) is 5.32 Å². The molecular weight excluding hydrogens is 586 g/mol. The first-order valence-electron chi connectivity index (χ1n) is 13.2. The van der Waals surface area contributed by atoms with Crippen molar-refractivity contribution in [3.05, 3.63) is 70.9 Å². The summed E-state index contributed by atoms with van der Waals surface area (Å²) in [4.78, 5) is 34.6. The Kier molecular flexibility index (Phi) is 12.7.